The summed E-state index contributed by atoms with van der Waals surface area (Å²) < 4.78 is 26.0. The number of carbonyl (C=O) groups excluding carboxylic acids is 1. The number of hydrogen-bond donors (Lipinski definition) is 1. The summed E-state index contributed by atoms with van der Waals surface area (Å²) >= 11 is 0. The topological polar surface area (TPSA) is 57.6 Å². The molecule has 1 unspecified atom stereocenters. The third-order valence-corrected chi connectivity index (χ3v) is 3.55. The number of aliphatic carboxylic acids is 1. The first kappa shape index (κ1) is 14.9. The third-order valence-electron chi connectivity index (χ3n) is 3.55. The number of carbonyl (C=O) groups is 2. The van der Waals surface area contributed by atoms with Crippen LogP contribution in [0.1, 0.15) is 39.0 Å². The zero-order valence-electron chi connectivity index (χ0n) is 10.7. The van der Waals surface area contributed by atoms with Crippen LogP contribution in [-0.4, -0.2) is 40.9 Å². The minimum Gasteiger partial charge on any atom is -0.480 e. The second-order valence-corrected chi connectivity index (χ2v) is 4.84. The van der Waals surface area contributed by atoms with Crippen molar-refractivity contribution < 1.29 is 23.5 Å². The van der Waals surface area contributed by atoms with Crippen molar-refractivity contribution in [1.82, 2.24) is 4.90 Å². The predicted octanol–water partition coefficient (Wildman–Crippen LogP) is 2.13. The highest BCUT2D eigenvalue weighted by Crippen LogP contribution is 2.36. The van der Waals surface area contributed by atoms with Crippen LogP contribution in [0, 0.1) is 5.92 Å². The van der Waals surface area contributed by atoms with E-state index < -0.39 is 23.9 Å². The van der Waals surface area contributed by atoms with E-state index in [0.717, 1.165) is 0 Å². The molecule has 0 bridgehead atoms. The molecule has 0 aromatic rings. The number of hydrogen-bond acceptors (Lipinski definition) is 2. The van der Waals surface area contributed by atoms with Crippen molar-refractivity contribution >= 4 is 11.9 Å². The normalized spacial score (nSPS) is 21.3. The lowest BCUT2D eigenvalue weighted by Gasteiger charge is -2.32. The Bertz CT molecular complexity index is 323. The average Bonchev–Trinajstić information content (AvgIpc) is 2.28. The van der Waals surface area contributed by atoms with E-state index >= 15 is 0 Å². The van der Waals surface area contributed by atoms with Gasteiger partial charge in [-0.05, 0) is 19.3 Å². The molecule has 0 aliphatic heterocycles. The SMILES string of the molecule is CCC(C(=O)O)N(C)C(=O)C1CCC(F)(F)CC1. The lowest BCUT2D eigenvalue weighted by Crippen LogP contribution is -2.46. The largest absolute Gasteiger partial charge is 0.480 e. The summed E-state index contributed by atoms with van der Waals surface area (Å²) in [6.07, 6.45) is -0.0128. The van der Waals surface area contributed by atoms with Gasteiger partial charge < -0.3 is 10.0 Å². The van der Waals surface area contributed by atoms with Crippen molar-refractivity contribution in [3.05, 3.63) is 0 Å². The summed E-state index contributed by atoms with van der Waals surface area (Å²) in [4.78, 5) is 24.2. The van der Waals surface area contributed by atoms with Gasteiger partial charge in [-0.2, -0.15) is 0 Å². The molecule has 1 aliphatic carbocycles. The Labute approximate surface area is 105 Å². The van der Waals surface area contributed by atoms with Gasteiger partial charge in [0.15, 0.2) is 0 Å². The lowest BCUT2D eigenvalue weighted by atomic mass is 9.85. The van der Waals surface area contributed by atoms with E-state index in [2.05, 4.69) is 0 Å². The number of carboxylic acids is 1. The molecule has 1 aliphatic rings. The molecular formula is C12H19F2NO3. The van der Waals surface area contributed by atoms with Gasteiger partial charge in [-0.25, -0.2) is 13.6 Å². The molecule has 0 saturated heterocycles. The molecule has 1 atom stereocenters. The molecule has 0 heterocycles. The van der Waals surface area contributed by atoms with E-state index in [0.29, 0.717) is 6.42 Å². The van der Waals surface area contributed by atoms with Crippen LogP contribution in [0.4, 0.5) is 8.78 Å². The Morgan fingerprint density at radius 1 is 1.39 bits per heavy atom. The van der Waals surface area contributed by atoms with Crippen LogP contribution < -0.4 is 0 Å². The molecule has 4 nitrogen and oxygen atoms in total. The standard InChI is InChI=1S/C12H19F2NO3/c1-3-9(11(17)18)15(2)10(16)8-4-6-12(13,14)7-5-8/h8-9H,3-7H2,1-2H3,(H,17,18). The number of amides is 1. The maximum Gasteiger partial charge on any atom is 0.326 e. The van der Waals surface area contributed by atoms with Crippen molar-refractivity contribution in [3.8, 4) is 0 Å². The smallest absolute Gasteiger partial charge is 0.326 e. The molecule has 1 amide bonds. The molecule has 1 N–H and O–H groups in total. The molecule has 0 radical (unpaired) electrons. The molecule has 1 fully saturated rings. The number of halogens is 2. The molecular weight excluding hydrogens is 244 g/mol. The first-order valence-corrected chi connectivity index (χ1v) is 6.16. The van der Waals surface area contributed by atoms with Crippen LogP contribution in [0.3, 0.4) is 0 Å². The number of rotatable bonds is 4. The first-order chi connectivity index (χ1) is 8.28. The fourth-order valence-electron chi connectivity index (χ4n) is 2.34. The summed E-state index contributed by atoms with van der Waals surface area (Å²) in [5, 5.41) is 8.96. The number of alkyl halides is 2. The molecule has 18 heavy (non-hydrogen) atoms. The van der Waals surface area contributed by atoms with Crippen molar-refractivity contribution in [2.24, 2.45) is 5.92 Å². The molecule has 6 heteroatoms. The summed E-state index contributed by atoms with van der Waals surface area (Å²) in [7, 11) is 1.43. The lowest BCUT2D eigenvalue weighted by molar-refractivity contribution is -0.152. The molecule has 1 saturated carbocycles. The van der Waals surface area contributed by atoms with Crippen LogP contribution >= 0.6 is 0 Å². The number of nitrogens with zero attached hydrogens (tertiary/aromatic N) is 1. The van der Waals surface area contributed by atoms with Crippen molar-refractivity contribution in [2.45, 2.75) is 51.0 Å². The predicted molar refractivity (Wildman–Crippen MR) is 61.4 cm³/mol. The fraction of sp³-hybridized carbons (Fsp3) is 0.833. The van der Waals surface area contributed by atoms with Gasteiger partial charge in [0.2, 0.25) is 11.8 Å². The van der Waals surface area contributed by atoms with Gasteiger partial charge in [0.05, 0.1) is 0 Å². The molecule has 0 aromatic heterocycles. The molecule has 0 aromatic carbocycles. The minimum absolute atomic E-state index is 0.131. The van der Waals surface area contributed by atoms with Crippen LogP contribution in [-0.2, 0) is 9.59 Å². The monoisotopic (exact) mass is 263 g/mol. The summed E-state index contributed by atoms with van der Waals surface area (Å²) in [6.45, 7) is 1.68. The van der Waals surface area contributed by atoms with Gasteiger partial charge in [-0.3, -0.25) is 4.79 Å². The maximum atomic E-state index is 13.0. The Kier molecular flexibility index (Phi) is 4.65. The Hall–Kier alpha value is -1.20. The quantitative estimate of drug-likeness (QED) is 0.845. The van der Waals surface area contributed by atoms with E-state index in [4.69, 9.17) is 5.11 Å². The van der Waals surface area contributed by atoms with E-state index in [1.807, 2.05) is 0 Å². The molecule has 0 spiro atoms. The van der Waals surface area contributed by atoms with Crippen LogP contribution in [0.2, 0.25) is 0 Å². The molecule has 104 valence electrons. The van der Waals surface area contributed by atoms with Crippen molar-refractivity contribution in [2.75, 3.05) is 7.05 Å². The summed E-state index contributed by atoms with van der Waals surface area (Å²) in [6, 6.07) is -0.875. The zero-order chi connectivity index (χ0) is 13.9. The fourth-order valence-corrected chi connectivity index (χ4v) is 2.34. The third kappa shape index (κ3) is 3.40. The second kappa shape index (κ2) is 5.63. The van der Waals surface area contributed by atoms with Gasteiger partial charge in [0.25, 0.3) is 0 Å². The van der Waals surface area contributed by atoms with Gasteiger partial charge in [-0.15, -0.1) is 0 Å². The highest BCUT2D eigenvalue weighted by Gasteiger charge is 2.39. The Morgan fingerprint density at radius 3 is 2.28 bits per heavy atom. The average molecular weight is 263 g/mol. The number of carboxylic acid groups (broad SMARTS) is 1. The van der Waals surface area contributed by atoms with E-state index in [1.165, 1.54) is 11.9 Å². The summed E-state index contributed by atoms with van der Waals surface area (Å²) in [5.41, 5.74) is 0. The van der Waals surface area contributed by atoms with Gasteiger partial charge >= 0.3 is 5.97 Å². The van der Waals surface area contributed by atoms with Gasteiger partial charge in [0.1, 0.15) is 6.04 Å². The van der Waals surface area contributed by atoms with Crippen molar-refractivity contribution in [3.63, 3.8) is 0 Å². The van der Waals surface area contributed by atoms with Crippen molar-refractivity contribution in [1.29, 1.82) is 0 Å². The van der Waals surface area contributed by atoms with E-state index in [-0.39, 0.29) is 31.6 Å². The van der Waals surface area contributed by atoms with Crippen LogP contribution in [0.5, 0.6) is 0 Å². The van der Waals surface area contributed by atoms with E-state index in [1.54, 1.807) is 6.92 Å². The van der Waals surface area contributed by atoms with Crippen LogP contribution in [0.25, 0.3) is 0 Å². The highest BCUT2D eigenvalue weighted by atomic mass is 19.3. The van der Waals surface area contributed by atoms with Crippen LogP contribution in [0.15, 0.2) is 0 Å². The second-order valence-electron chi connectivity index (χ2n) is 4.84. The maximum absolute atomic E-state index is 13.0. The molecule has 1 rings (SSSR count). The van der Waals surface area contributed by atoms with E-state index in [9.17, 15) is 18.4 Å². The van der Waals surface area contributed by atoms with Gasteiger partial charge in [0, 0.05) is 25.8 Å². The minimum atomic E-state index is -2.67. The first-order valence-electron chi connectivity index (χ1n) is 6.16. The van der Waals surface area contributed by atoms with Gasteiger partial charge in [-0.1, -0.05) is 6.92 Å². The zero-order valence-corrected chi connectivity index (χ0v) is 10.7. The highest BCUT2D eigenvalue weighted by molar-refractivity contribution is 5.84. The Morgan fingerprint density at radius 2 is 1.89 bits per heavy atom. The number of likely N-dealkylation sites (N-methyl/N-ethyl adjacent to an activating group) is 1. The summed E-state index contributed by atoms with van der Waals surface area (Å²) in [5.74, 6) is -4.54. The Balaban J connectivity index is 2.62.